The van der Waals surface area contributed by atoms with Crippen molar-refractivity contribution >= 4 is 32.9 Å². The van der Waals surface area contributed by atoms with Crippen molar-refractivity contribution in [2.24, 2.45) is 15.1 Å². The Hall–Kier alpha value is -2.53. The van der Waals surface area contributed by atoms with E-state index in [-0.39, 0.29) is 23.5 Å². The number of carbonyl (C=O) groups excluding carboxylic acids is 1. The van der Waals surface area contributed by atoms with E-state index in [0.717, 1.165) is 0 Å². The van der Waals surface area contributed by atoms with Gasteiger partial charge in [-0.15, -0.1) is 0 Å². The van der Waals surface area contributed by atoms with Crippen molar-refractivity contribution in [2.75, 3.05) is 6.54 Å². The molecule has 188 valence electrons. The van der Waals surface area contributed by atoms with E-state index >= 15 is 4.39 Å². The van der Waals surface area contributed by atoms with Crippen LogP contribution in [0.25, 0.3) is 0 Å². The molecular formula is C23H23ClF4N4O2S. The normalized spacial score (nSPS) is 27.7. The first-order valence-corrected chi connectivity index (χ1v) is 12.7. The first kappa shape index (κ1) is 25.6. The predicted molar refractivity (Wildman–Crippen MR) is 126 cm³/mol. The predicted octanol–water partition coefficient (Wildman–Crippen LogP) is 4.92. The summed E-state index contributed by atoms with van der Waals surface area (Å²) in [5.41, 5.74) is 4.00. The number of nitrogens with zero attached hydrogens (tertiary/aromatic N) is 3. The number of nitrogens with two attached hydrogens (primary N) is 1. The van der Waals surface area contributed by atoms with Crippen LogP contribution in [0.2, 0.25) is 5.02 Å². The number of alkyl halides is 3. The highest BCUT2D eigenvalue weighted by Crippen LogP contribution is 2.48. The number of rotatable bonds is 4. The van der Waals surface area contributed by atoms with E-state index in [4.69, 9.17) is 17.3 Å². The third-order valence-corrected chi connectivity index (χ3v) is 10.8. The van der Waals surface area contributed by atoms with E-state index < -0.39 is 53.6 Å². The molecule has 0 bridgehead atoms. The van der Waals surface area contributed by atoms with Crippen molar-refractivity contribution in [3.63, 3.8) is 0 Å². The molecule has 3 atom stereocenters. The lowest BCUT2D eigenvalue weighted by atomic mass is 9.84. The highest BCUT2D eigenvalue weighted by molar-refractivity contribution is 7.96. The molecule has 12 heteroatoms. The lowest BCUT2D eigenvalue weighted by molar-refractivity contribution is -0.137. The van der Waals surface area contributed by atoms with Crippen LogP contribution >= 0.6 is 11.6 Å². The van der Waals surface area contributed by atoms with Gasteiger partial charge in [0.2, 0.25) is 0 Å². The fourth-order valence-corrected chi connectivity index (χ4v) is 8.08. The van der Waals surface area contributed by atoms with Gasteiger partial charge in [0, 0.05) is 24.7 Å². The van der Waals surface area contributed by atoms with E-state index in [1.807, 2.05) is 0 Å². The van der Waals surface area contributed by atoms with E-state index in [1.165, 1.54) is 18.2 Å². The molecule has 1 aromatic heterocycles. The van der Waals surface area contributed by atoms with Gasteiger partial charge in [-0.2, -0.15) is 13.2 Å². The summed E-state index contributed by atoms with van der Waals surface area (Å²) in [5.74, 6) is -1.15. The average Bonchev–Trinajstić information content (AvgIpc) is 3.18. The number of halogens is 5. The fourth-order valence-electron chi connectivity index (χ4n) is 4.64. The Bertz CT molecular complexity index is 1380. The lowest BCUT2D eigenvalue weighted by Crippen LogP contribution is -2.58. The Balaban J connectivity index is 1.72. The molecule has 2 aliphatic heterocycles. The van der Waals surface area contributed by atoms with Crippen LogP contribution in [0, 0.1) is 5.82 Å². The zero-order valence-electron chi connectivity index (χ0n) is 19.1. The summed E-state index contributed by atoms with van der Waals surface area (Å²) in [7, 11) is -2.88. The standard InChI is InChI=1S/C23H23ClF4N4O2S/c1-21(2)20(29)32-22(3,18-6-7-31-35(18,21)34)14-8-12(4-5-16(14)25)9-17(33)19-15(24)10-13(11-30-19)23(26,27)28/h4-5,8,10-11,18H,6-7,9H2,1-3H3,(H2,29,32)/t18-,22+,35+/m0/s1. The lowest BCUT2D eigenvalue weighted by Gasteiger charge is -2.44. The number of benzene rings is 1. The maximum absolute atomic E-state index is 15.1. The van der Waals surface area contributed by atoms with Gasteiger partial charge in [-0.05, 0) is 51.0 Å². The van der Waals surface area contributed by atoms with Crippen molar-refractivity contribution in [1.82, 2.24) is 4.98 Å². The Labute approximate surface area is 205 Å². The van der Waals surface area contributed by atoms with Crippen LogP contribution in [0.3, 0.4) is 0 Å². The second-order valence-corrected chi connectivity index (χ2v) is 12.7. The van der Waals surface area contributed by atoms with Crippen LogP contribution in [-0.2, 0) is 27.9 Å². The Kier molecular flexibility index (Phi) is 6.03. The monoisotopic (exact) mass is 530 g/mol. The molecule has 1 aromatic carbocycles. The Morgan fingerprint density at radius 3 is 2.57 bits per heavy atom. The van der Waals surface area contributed by atoms with E-state index in [9.17, 15) is 22.2 Å². The minimum absolute atomic E-state index is 0.105. The van der Waals surface area contributed by atoms with Gasteiger partial charge in [-0.1, -0.05) is 17.7 Å². The Morgan fingerprint density at radius 2 is 1.94 bits per heavy atom. The Morgan fingerprint density at radius 1 is 1.26 bits per heavy atom. The van der Waals surface area contributed by atoms with E-state index in [2.05, 4.69) is 14.3 Å². The summed E-state index contributed by atoms with van der Waals surface area (Å²) in [4.78, 5) is 21.0. The van der Waals surface area contributed by atoms with Crippen molar-refractivity contribution in [3.05, 3.63) is 63.7 Å². The summed E-state index contributed by atoms with van der Waals surface area (Å²) >= 11 is 5.90. The minimum atomic E-state index is -4.65. The summed E-state index contributed by atoms with van der Waals surface area (Å²) in [6.45, 7) is 5.41. The maximum Gasteiger partial charge on any atom is 0.417 e. The SMILES string of the molecule is CC1(C)C(N)=N[C@](C)(c2cc(CC(=O)c3ncc(C(F)(F)F)cc3Cl)ccc2F)[C@@H]2CCN=[S@@]21=O. The number of hydrogen-bond donors (Lipinski definition) is 1. The number of aromatic nitrogens is 1. The third kappa shape index (κ3) is 4.02. The van der Waals surface area contributed by atoms with Crippen LogP contribution in [0.15, 0.2) is 39.8 Å². The molecule has 3 heterocycles. The zero-order chi connectivity index (χ0) is 26.0. The van der Waals surface area contributed by atoms with Gasteiger partial charge in [0.25, 0.3) is 0 Å². The summed E-state index contributed by atoms with van der Waals surface area (Å²) in [6.07, 6.45) is -3.97. The van der Waals surface area contributed by atoms with Crippen molar-refractivity contribution in [3.8, 4) is 0 Å². The number of amidine groups is 1. The molecule has 0 aliphatic carbocycles. The number of hydrogen-bond acceptors (Lipinski definition) is 6. The molecule has 6 nitrogen and oxygen atoms in total. The second kappa shape index (κ2) is 8.26. The summed E-state index contributed by atoms with van der Waals surface area (Å²) in [6, 6.07) is 4.64. The van der Waals surface area contributed by atoms with Crippen LogP contribution in [-0.4, -0.2) is 37.4 Å². The number of Topliss-reactive ketones (excluding diaryl/α,β-unsaturated/α-hetero) is 1. The number of fused-ring (bicyclic) bond motifs is 1. The van der Waals surface area contributed by atoms with Gasteiger partial charge in [-0.25, -0.2) is 13.0 Å². The molecule has 35 heavy (non-hydrogen) atoms. The molecule has 0 saturated carbocycles. The number of carbonyl (C=O) groups is 1. The van der Waals surface area contributed by atoms with E-state index in [0.29, 0.717) is 30.8 Å². The largest absolute Gasteiger partial charge is 0.417 e. The van der Waals surface area contributed by atoms with Gasteiger partial charge >= 0.3 is 6.18 Å². The number of ketones is 1. The van der Waals surface area contributed by atoms with E-state index in [1.54, 1.807) is 20.8 Å². The van der Waals surface area contributed by atoms with Gasteiger partial charge in [0.1, 0.15) is 27.6 Å². The van der Waals surface area contributed by atoms with Gasteiger partial charge in [-0.3, -0.25) is 14.8 Å². The molecule has 2 N–H and O–H groups in total. The van der Waals surface area contributed by atoms with Crippen LogP contribution in [0.1, 0.15) is 54.4 Å². The van der Waals surface area contributed by atoms with Crippen molar-refractivity contribution < 1.29 is 26.6 Å². The van der Waals surface area contributed by atoms with Crippen LogP contribution in [0.4, 0.5) is 17.6 Å². The molecular weight excluding hydrogens is 508 g/mol. The molecule has 0 saturated heterocycles. The first-order valence-electron chi connectivity index (χ1n) is 10.7. The smallest absolute Gasteiger partial charge is 0.386 e. The number of pyridine rings is 1. The zero-order valence-corrected chi connectivity index (χ0v) is 20.7. The summed E-state index contributed by atoms with van der Waals surface area (Å²) < 4.78 is 71.0. The first-order chi connectivity index (χ1) is 16.1. The fraction of sp³-hybridized carbons (Fsp3) is 0.435. The van der Waals surface area contributed by atoms with Crippen LogP contribution in [0.5, 0.6) is 0 Å². The van der Waals surface area contributed by atoms with Gasteiger partial charge < -0.3 is 5.73 Å². The van der Waals surface area contributed by atoms with Gasteiger partial charge in [0.05, 0.1) is 25.6 Å². The van der Waals surface area contributed by atoms with Crippen molar-refractivity contribution in [2.45, 2.75) is 55.3 Å². The highest BCUT2D eigenvalue weighted by Gasteiger charge is 2.56. The molecule has 2 aromatic rings. The number of aliphatic imine (C=N–C) groups is 1. The van der Waals surface area contributed by atoms with Crippen LogP contribution < -0.4 is 5.73 Å². The summed E-state index contributed by atoms with van der Waals surface area (Å²) in [5, 5.41) is -1.03. The highest BCUT2D eigenvalue weighted by atomic mass is 35.5. The second-order valence-electron chi connectivity index (χ2n) is 9.32. The molecule has 0 spiro atoms. The molecule has 0 unspecified atom stereocenters. The van der Waals surface area contributed by atoms with Crippen molar-refractivity contribution in [1.29, 1.82) is 0 Å². The maximum atomic E-state index is 15.1. The molecule has 4 rings (SSSR count). The molecule has 0 amide bonds. The molecule has 0 radical (unpaired) electrons. The minimum Gasteiger partial charge on any atom is -0.386 e. The topological polar surface area (TPSA) is 97.8 Å². The van der Waals surface area contributed by atoms with Gasteiger partial charge in [0.15, 0.2) is 5.78 Å². The quantitative estimate of drug-likeness (QED) is 0.448. The molecule has 0 fully saturated rings. The average molecular weight is 531 g/mol. The third-order valence-electron chi connectivity index (χ3n) is 6.76. The molecule has 2 aliphatic rings.